The fourth-order valence-electron chi connectivity index (χ4n) is 3.81. The van der Waals surface area contributed by atoms with Crippen molar-refractivity contribution in [2.75, 3.05) is 12.0 Å². The first-order valence-electron chi connectivity index (χ1n) is 10.5. The van der Waals surface area contributed by atoms with Crippen molar-refractivity contribution in [1.29, 1.82) is 0 Å². The largest absolute Gasteiger partial charge is 0.497 e. The molecule has 3 aromatic carbocycles. The van der Waals surface area contributed by atoms with Crippen LogP contribution in [0.25, 0.3) is 10.9 Å². The van der Waals surface area contributed by atoms with Crippen LogP contribution in [-0.4, -0.2) is 18.0 Å². The molecule has 0 radical (unpaired) electrons. The van der Waals surface area contributed by atoms with Crippen LogP contribution < -0.4 is 15.2 Å². The number of amides is 1. The molecule has 0 aliphatic carbocycles. The summed E-state index contributed by atoms with van der Waals surface area (Å²) < 4.78 is 5.22. The highest BCUT2D eigenvalue weighted by molar-refractivity contribution is 6.06. The zero-order valence-electron chi connectivity index (χ0n) is 18.7. The number of methoxy groups -OCH3 is 1. The summed E-state index contributed by atoms with van der Waals surface area (Å²) in [5.74, 6) is 0.505. The number of hydrogen-bond acceptors (Lipinski definition) is 3. The van der Waals surface area contributed by atoms with Gasteiger partial charge in [-0.3, -0.25) is 9.59 Å². The lowest BCUT2D eigenvalue weighted by molar-refractivity contribution is 0.0985. The number of fused-ring (bicyclic) bond motifs is 1. The van der Waals surface area contributed by atoms with Crippen LogP contribution in [0.2, 0.25) is 0 Å². The topological polar surface area (TPSA) is 62.4 Å². The third kappa shape index (κ3) is 4.28. The Hall–Kier alpha value is -3.86. The zero-order valence-corrected chi connectivity index (χ0v) is 18.7. The molecule has 32 heavy (non-hydrogen) atoms. The standard InChI is InChI=1S/C27H26N2O3/c1-17-6-8-21-15-22(26(30)28-24(21)13-17)16-29(25-14-18(2)5-7-19(25)3)27(31)20-9-11-23(32-4)12-10-20/h5-15H,16H2,1-4H3,(H,28,30). The molecule has 1 heterocycles. The van der Waals surface area contributed by atoms with Crippen molar-refractivity contribution >= 4 is 22.5 Å². The van der Waals surface area contributed by atoms with E-state index in [1.54, 1.807) is 36.3 Å². The summed E-state index contributed by atoms with van der Waals surface area (Å²) in [5.41, 5.74) is 5.52. The maximum Gasteiger partial charge on any atom is 0.258 e. The Kier molecular flexibility index (Phi) is 5.82. The molecular formula is C27H26N2O3. The van der Waals surface area contributed by atoms with E-state index in [-0.39, 0.29) is 18.0 Å². The van der Waals surface area contributed by atoms with Crippen molar-refractivity contribution in [3.8, 4) is 5.75 Å². The minimum Gasteiger partial charge on any atom is -0.497 e. The Morgan fingerprint density at radius 3 is 2.31 bits per heavy atom. The van der Waals surface area contributed by atoms with Crippen LogP contribution in [0.15, 0.2) is 71.5 Å². The Bertz CT molecular complexity index is 1350. The monoisotopic (exact) mass is 426 g/mol. The number of carbonyl (C=O) groups is 1. The third-order valence-corrected chi connectivity index (χ3v) is 5.64. The van der Waals surface area contributed by atoms with Gasteiger partial charge in [0.25, 0.3) is 11.5 Å². The maximum atomic E-state index is 13.6. The summed E-state index contributed by atoms with van der Waals surface area (Å²) in [5, 5.41) is 0.933. The highest BCUT2D eigenvalue weighted by atomic mass is 16.5. The van der Waals surface area contributed by atoms with Gasteiger partial charge in [-0.15, -0.1) is 0 Å². The summed E-state index contributed by atoms with van der Waals surface area (Å²) in [7, 11) is 1.59. The van der Waals surface area contributed by atoms with E-state index in [1.807, 2.05) is 63.2 Å². The van der Waals surface area contributed by atoms with Gasteiger partial charge in [-0.05, 0) is 85.3 Å². The number of benzene rings is 3. The number of hydrogen-bond donors (Lipinski definition) is 1. The molecule has 0 unspecified atom stereocenters. The van der Waals surface area contributed by atoms with Gasteiger partial charge in [-0.2, -0.15) is 0 Å². The van der Waals surface area contributed by atoms with E-state index in [0.717, 1.165) is 33.3 Å². The first kappa shape index (κ1) is 21.4. The number of anilines is 1. The third-order valence-electron chi connectivity index (χ3n) is 5.64. The van der Waals surface area contributed by atoms with Crippen molar-refractivity contribution in [2.24, 2.45) is 0 Å². The molecule has 1 aromatic heterocycles. The number of ether oxygens (including phenoxy) is 1. The molecule has 0 fully saturated rings. The second kappa shape index (κ2) is 8.71. The Labute approximate surface area is 187 Å². The minimum absolute atomic E-state index is 0.161. The number of rotatable bonds is 5. The average Bonchev–Trinajstić information content (AvgIpc) is 2.79. The number of H-pyrrole nitrogens is 1. The van der Waals surface area contributed by atoms with Crippen LogP contribution in [0, 0.1) is 20.8 Å². The van der Waals surface area contributed by atoms with Crippen molar-refractivity contribution in [3.05, 3.63) is 105 Å². The summed E-state index contributed by atoms with van der Waals surface area (Å²) in [6, 6.07) is 20.8. The molecule has 5 heteroatoms. The van der Waals surface area contributed by atoms with Gasteiger partial charge in [-0.25, -0.2) is 0 Å². The SMILES string of the molecule is COc1ccc(C(=O)N(Cc2cc3ccc(C)cc3[nH]c2=O)c2cc(C)ccc2C)cc1. The van der Waals surface area contributed by atoms with Crippen molar-refractivity contribution in [2.45, 2.75) is 27.3 Å². The molecule has 4 aromatic rings. The molecule has 0 aliphatic rings. The zero-order chi connectivity index (χ0) is 22.8. The average molecular weight is 427 g/mol. The molecule has 0 saturated carbocycles. The number of aromatic amines is 1. The molecule has 0 bridgehead atoms. The van der Waals surface area contributed by atoms with E-state index in [1.165, 1.54) is 0 Å². The van der Waals surface area contributed by atoms with E-state index in [0.29, 0.717) is 16.9 Å². The normalized spacial score (nSPS) is 10.9. The van der Waals surface area contributed by atoms with Crippen LogP contribution in [0.1, 0.15) is 32.6 Å². The van der Waals surface area contributed by atoms with Gasteiger partial charge in [0.2, 0.25) is 0 Å². The van der Waals surface area contributed by atoms with Gasteiger partial charge in [-0.1, -0.05) is 24.3 Å². The number of aryl methyl sites for hydroxylation is 3. The van der Waals surface area contributed by atoms with E-state index in [2.05, 4.69) is 4.98 Å². The summed E-state index contributed by atoms with van der Waals surface area (Å²) in [6.45, 7) is 6.11. The Morgan fingerprint density at radius 1 is 0.906 bits per heavy atom. The second-order valence-corrected chi connectivity index (χ2v) is 8.12. The van der Waals surface area contributed by atoms with Gasteiger partial charge in [0.1, 0.15) is 5.75 Å². The highest BCUT2D eigenvalue weighted by Crippen LogP contribution is 2.26. The predicted molar refractivity (Wildman–Crippen MR) is 129 cm³/mol. The van der Waals surface area contributed by atoms with Crippen molar-refractivity contribution in [1.82, 2.24) is 4.98 Å². The lowest BCUT2D eigenvalue weighted by Gasteiger charge is -2.25. The molecule has 0 atom stereocenters. The Balaban J connectivity index is 1.80. The van der Waals surface area contributed by atoms with Gasteiger partial charge in [0.05, 0.1) is 13.7 Å². The van der Waals surface area contributed by atoms with E-state index in [9.17, 15) is 9.59 Å². The lowest BCUT2D eigenvalue weighted by atomic mass is 10.1. The molecular weight excluding hydrogens is 400 g/mol. The number of nitrogens with zero attached hydrogens (tertiary/aromatic N) is 1. The molecule has 0 spiro atoms. The molecule has 4 rings (SSSR count). The van der Waals surface area contributed by atoms with Crippen LogP contribution in [-0.2, 0) is 6.54 Å². The van der Waals surface area contributed by atoms with Gasteiger partial charge in [0.15, 0.2) is 0 Å². The van der Waals surface area contributed by atoms with Gasteiger partial charge < -0.3 is 14.6 Å². The van der Waals surface area contributed by atoms with Crippen LogP contribution >= 0.6 is 0 Å². The van der Waals surface area contributed by atoms with E-state index >= 15 is 0 Å². The fraction of sp³-hybridized carbons (Fsp3) is 0.185. The maximum absolute atomic E-state index is 13.6. The number of carbonyl (C=O) groups excluding carboxylic acids is 1. The summed E-state index contributed by atoms with van der Waals surface area (Å²) in [4.78, 5) is 31.1. The number of nitrogens with one attached hydrogen (secondary N) is 1. The Morgan fingerprint density at radius 2 is 1.59 bits per heavy atom. The summed E-state index contributed by atoms with van der Waals surface area (Å²) >= 11 is 0. The minimum atomic E-state index is -0.194. The summed E-state index contributed by atoms with van der Waals surface area (Å²) in [6.07, 6.45) is 0. The number of aromatic nitrogens is 1. The first-order chi connectivity index (χ1) is 15.4. The molecule has 0 saturated heterocycles. The van der Waals surface area contributed by atoms with E-state index in [4.69, 9.17) is 4.74 Å². The molecule has 162 valence electrons. The molecule has 1 N–H and O–H groups in total. The van der Waals surface area contributed by atoms with Crippen molar-refractivity contribution in [3.63, 3.8) is 0 Å². The van der Waals surface area contributed by atoms with Crippen molar-refractivity contribution < 1.29 is 9.53 Å². The molecule has 5 nitrogen and oxygen atoms in total. The molecule has 1 amide bonds. The lowest BCUT2D eigenvalue weighted by Crippen LogP contribution is -2.33. The van der Waals surface area contributed by atoms with Crippen LogP contribution in [0.3, 0.4) is 0 Å². The molecule has 0 aliphatic heterocycles. The van der Waals surface area contributed by atoms with E-state index < -0.39 is 0 Å². The first-order valence-corrected chi connectivity index (χ1v) is 10.5. The quantitative estimate of drug-likeness (QED) is 0.470. The van der Waals surface area contributed by atoms with Crippen LogP contribution in [0.5, 0.6) is 5.75 Å². The smallest absolute Gasteiger partial charge is 0.258 e. The van der Waals surface area contributed by atoms with Crippen LogP contribution in [0.4, 0.5) is 5.69 Å². The fourth-order valence-corrected chi connectivity index (χ4v) is 3.81. The van der Waals surface area contributed by atoms with Gasteiger partial charge >= 0.3 is 0 Å². The number of pyridine rings is 1. The van der Waals surface area contributed by atoms with Gasteiger partial charge in [0, 0.05) is 22.3 Å². The predicted octanol–water partition coefficient (Wildman–Crippen LogP) is 5.31. The second-order valence-electron chi connectivity index (χ2n) is 8.12. The highest BCUT2D eigenvalue weighted by Gasteiger charge is 2.21.